The molecular formula is C74H144O17P2. The maximum atomic E-state index is 13.1. The summed E-state index contributed by atoms with van der Waals surface area (Å²) in [5, 5.41) is 10.6. The Morgan fingerprint density at radius 3 is 0.763 bits per heavy atom. The van der Waals surface area contributed by atoms with Crippen molar-refractivity contribution in [2.45, 2.75) is 400 Å². The van der Waals surface area contributed by atoms with E-state index in [0.29, 0.717) is 25.7 Å². The van der Waals surface area contributed by atoms with Crippen molar-refractivity contribution in [3.63, 3.8) is 0 Å². The number of phosphoric acid groups is 2. The summed E-state index contributed by atoms with van der Waals surface area (Å²) in [5.74, 6) is -0.671. The molecule has 7 atom stereocenters. The van der Waals surface area contributed by atoms with Crippen LogP contribution in [-0.2, 0) is 65.4 Å². The van der Waals surface area contributed by atoms with Crippen LogP contribution in [0, 0.1) is 11.8 Å². The van der Waals surface area contributed by atoms with Crippen molar-refractivity contribution in [1.29, 1.82) is 0 Å². The van der Waals surface area contributed by atoms with Gasteiger partial charge in [0.25, 0.3) is 0 Å². The zero-order valence-electron chi connectivity index (χ0n) is 60.6. The number of unbranched alkanes of at least 4 members (excludes halogenated alkanes) is 41. The maximum Gasteiger partial charge on any atom is 0.472 e. The third-order valence-corrected chi connectivity index (χ3v) is 19.8. The average molecular weight is 1370 g/mol. The predicted octanol–water partition coefficient (Wildman–Crippen LogP) is 21.6. The highest BCUT2D eigenvalue weighted by molar-refractivity contribution is 7.47. The summed E-state index contributed by atoms with van der Waals surface area (Å²) in [6.07, 6.45) is 52.8. The Morgan fingerprint density at radius 2 is 0.516 bits per heavy atom. The molecule has 0 aromatic carbocycles. The molecule has 93 heavy (non-hydrogen) atoms. The minimum absolute atomic E-state index is 0.102. The highest BCUT2D eigenvalue weighted by Gasteiger charge is 2.30. The first kappa shape index (κ1) is 91.1. The fraction of sp³-hybridized carbons (Fsp3) is 0.946. The van der Waals surface area contributed by atoms with Crippen LogP contribution in [0.5, 0.6) is 0 Å². The van der Waals surface area contributed by atoms with Gasteiger partial charge in [-0.3, -0.25) is 37.3 Å². The molecule has 0 spiro atoms. The monoisotopic (exact) mass is 1370 g/mol. The van der Waals surface area contributed by atoms with E-state index in [4.69, 9.17) is 37.0 Å². The minimum atomic E-state index is -4.96. The number of rotatable bonds is 73. The fourth-order valence-corrected chi connectivity index (χ4v) is 12.8. The Kier molecular flexibility index (Phi) is 64.6. The van der Waals surface area contributed by atoms with Gasteiger partial charge in [0.2, 0.25) is 0 Å². The largest absolute Gasteiger partial charge is 0.472 e. The van der Waals surface area contributed by atoms with Gasteiger partial charge in [-0.15, -0.1) is 0 Å². The fourth-order valence-electron chi connectivity index (χ4n) is 11.2. The standard InChI is InChI=1S/C74H144O17P2/c1-7-11-13-15-17-19-21-23-25-26-27-29-31-33-35-37-46-52-58-73(78)90-69(62-84-71(76)56-50-44-36-34-32-30-28-24-22-20-18-16-14-12-8-2)64-88-92(80,81)86-60-68(75)61-87-93(82,83)89-65-70(91-74(79)59-53-47-41-39-43-49-55-67(6)10-4)63-85-72(77)57-51-45-40-38-42-48-54-66(5)9-3/h66-70,75H,7-65H2,1-6H3,(H,80,81)(H,82,83)/t66?,67?,68-,69-,70-/m1/s1. The summed E-state index contributed by atoms with van der Waals surface area (Å²) in [4.78, 5) is 72.7. The first-order valence-electron chi connectivity index (χ1n) is 38.6. The first-order valence-corrected chi connectivity index (χ1v) is 41.6. The number of phosphoric ester groups is 2. The van der Waals surface area contributed by atoms with Crippen molar-refractivity contribution in [2.24, 2.45) is 11.8 Å². The smallest absolute Gasteiger partial charge is 0.462 e. The summed E-state index contributed by atoms with van der Waals surface area (Å²) >= 11 is 0. The van der Waals surface area contributed by atoms with E-state index in [9.17, 15) is 43.2 Å². The zero-order valence-corrected chi connectivity index (χ0v) is 62.3. The van der Waals surface area contributed by atoms with Gasteiger partial charge < -0.3 is 33.8 Å². The van der Waals surface area contributed by atoms with E-state index in [1.807, 2.05) is 0 Å². The number of carbonyl (C=O) groups excluding carboxylic acids is 4. The summed E-state index contributed by atoms with van der Waals surface area (Å²) < 4.78 is 68.4. The zero-order chi connectivity index (χ0) is 68.6. The topological polar surface area (TPSA) is 237 Å². The molecule has 0 bridgehead atoms. The normalized spacial score (nSPS) is 14.6. The van der Waals surface area contributed by atoms with Gasteiger partial charge in [0.05, 0.1) is 26.4 Å². The second-order valence-corrected chi connectivity index (χ2v) is 30.1. The maximum absolute atomic E-state index is 13.1. The summed E-state index contributed by atoms with van der Waals surface area (Å²) in [7, 11) is -9.91. The molecule has 0 aromatic heterocycles. The van der Waals surface area contributed by atoms with Crippen molar-refractivity contribution in [3.05, 3.63) is 0 Å². The number of aliphatic hydroxyl groups is 1. The Hall–Kier alpha value is -1.94. The molecule has 552 valence electrons. The quantitative estimate of drug-likeness (QED) is 0.0222. The molecule has 0 amide bonds. The second kappa shape index (κ2) is 66.0. The van der Waals surface area contributed by atoms with Crippen LogP contribution in [-0.4, -0.2) is 96.7 Å². The third-order valence-electron chi connectivity index (χ3n) is 17.9. The Labute approximate surface area is 568 Å². The number of esters is 4. The molecule has 0 heterocycles. The number of hydrogen-bond donors (Lipinski definition) is 3. The SMILES string of the molecule is CCCCCCCCCCCCCCCCCCCCC(=O)O[C@H](COC(=O)CCCCCCCCCCCCCCCCC)COP(=O)(O)OC[C@@H](O)COP(=O)(O)OC[C@@H](COC(=O)CCCCCCCCC(C)CC)OC(=O)CCCCCCCCC(C)CC. The van der Waals surface area contributed by atoms with Crippen molar-refractivity contribution in [3.8, 4) is 0 Å². The van der Waals surface area contributed by atoms with Crippen LogP contribution in [0.1, 0.15) is 382 Å². The Bertz CT molecular complexity index is 1810. The molecule has 0 aliphatic carbocycles. The van der Waals surface area contributed by atoms with Crippen molar-refractivity contribution in [1.82, 2.24) is 0 Å². The van der Waals surface area contributed by atoms with Crippen LogP contribution >= 0.6 is 15.6 Å². The number of hydrogen-bond acceptors (Lipinski definition) is 15. The van der Waals surface area contributed by atoms with Crippen molar-refractivity contribution < 1.29 is 80.2 Å². The summed E-state index contributed by atoms with van der Waals surface area (Å²) in [6, 6.07) is 0. The highest BCUT2D eigenvalue weighted by Crippen LogP contribution is 2.45. The predicted molar refractivity (Wildman–Crippen MR) is 377 cm³/mol. The van der Waals surface area contributed by atoms with Crippen LogP contribution in [0.25, 0.3) is 0 Å². The molecule has 17 nitrogen and oxygen atoms in total. The molecule has 19 heteroatoms. The second-order valence-electron chi connectivity index (χ2n) is 27.2. The molecule has 0 aliphatic heterocycles. The van der Waals surface area contributed by atoms with Gasteiger partial charge >= 0.3 is 39.5 Å². The van der Waals surface area contributed by atoms with Gasteiger partial charge in [-0.25, -0.2) is 9.13 Å². The molecule has 4 unspecified atom stereocenters. The van der Waals surface area contributed by atoms with E-state index in [2.05, 4.69) is 41.5 Å². The lowest BCUT2D eigenvalue weighted by Gasteiger charge is -2.21. The molecular weight excluding hydrogens is 1220 g/mol. The third kappa shape index (κ3) is 65.8. The van der Waals surface area contributed by atoms with Gasteiger partial charge in [-0.05, 0) is 37.5 Å². The molecule has 3 N–H and O–H groups in total. The molecule has 0 saturated carbocycles. The van der Waals surface area contributed by atoms with E-state index in [-0.39, 0.29) is 25.7 Å². The van der Waals surface area contributed by atoms with Crippen LogP contribution in [0.15, 0.2) is 0 Å². The number of ether oxygens (including phenoxy) is 4. The van der Waals surface area contributed by atoms with E-state index in [1.54, 1.807) is 0 Å². The van der Waals surface area contributed by atoms with Gasteiger partial charge in [0.15, 0.2) is 12.2 Å². The van der Waals surface area contributed by atoms with Crippen LogP contribution in [0.3, 0.4) is 0 Å². The van der Waals surface area contributed by atoms with Crippen molar-refractivity contribution >= 4 is 39.5 Å². The Balaban J connectivity index is 5.23. The molecule has 0 rings (SSSR count). The summed E-state index contributed by atoms with van der Waals surface area (Å²) in [5.41, 5.74) is 0. The molecule has 0 aliphatic rings. The van der Waals surface area contributed by atoms with Gasteiger partial charge in [-0.1, -0.05) is 330 Å². The van der Waals surface area contributed by atoms with E-state index < -0.39 is 97.5 Å². The molecule has 0 aromatic rings. The summed E-state index contributed by atoms with van der Waals surface area (Å²) in [6.45, 7) is 9.49. The van der Waals surface area contributed by atoms with Gasteiger partial charge in [0.1, 0.15) is 19.3 Å². The van der Waals surface area contributed by atoms with Crippen LogP contribution in [0.2, 0.25) is 0 Å². The Morgan fingerprint density at radius 1 is 0.301 bits per heavy atom. The lowest BCUT2D eigenvalue weighted by molar-refractivity contribution is -0.161. The molecule has 0 saturated heterocycles. The minimum Gasteiger partial charge on any atom is -0.462 e. The molecule has 0 fully saturated rings. The van der Waals surface area contributed by atoms with Crippen LogP contribution in [0.4, 0.5) is 0 Å². The first-order chi connectivity index (χ1) is 44.9. The number of aliphatic hydroxyl groups excluding tert-OH is 1. The van der Waals surface area contributed by atoms with Crippen molar-refractivity contribution in [2.75, 3.05) is 39.6 Å². The number of carbonyl (C=O) groups is 4. The lowest BCUT2D eigenvalue weighted by Crippen LogP contribution is -2.30. The average Bonchev–Trinajstić information content (AvgIpc) is 3.75. The van der Waals surface area contributed by atoms with E-state index in [1.165, 1.54) is 193 Å². The molecule has 0 radical (unpaired) electrons. The highest BCUT2D eigenvalue weighted by atomic mass is 31.2. The van der Waals surface area contributed by atoms with E-state index >= 15 is 0 Å². The lowest BCUT2D eigenvalue weighted by atomic mass is 10.00. The van der Waals surface area contributed by atoms with E-state index in [0.717, 1.165) is 108 Å². The van der Waals surface area contributed by atoms with Crippen LogP contribution < -0.4 is 0 Å². The van der Waals surface area contributed by atoms with Gasteiger partial charge in [0, 0.05) is 25.7 Å². The van der Waals surface area contributed by atoms with Gasteiger partial charge in [-0.2, -0.15) is 0 Å².